The van der Waals surface area contributed by atoms with Gasteiger partial charge in [-0.05, 0) is 61.9 Å². The van der Waals surface area contributed by atoms with Gasteiger partial charge in [-0.2, -0.15) is 0 Å². The molecule has 42 heavy (non-hydrogen) atoms. The molecule has 0 aromatic heterocycles. The Balaban J connectivity index is 2.23. The fourth-order valence-electron chi connectivity index (χ4n) is 4.15. The number of phenolic OH excluding ortho intramolecular Hbond substituents is 1. The number of hydrogen-bond donors (Lipinski definition) is 8. The normalized spacial score (nSPS) is 13.7. The third kappa shape index (κ3) is 11.9. The highest BCUT2D eigenvalue weighted by atomic mass is 16.4. The summed E-state index contributed by atoms with van der Waals surface area (Å²) in [7, 11) is 0. The molecule has 13 nitrogen and oxygen atoms in total. The van der Waals surface area contributed by atoms with Crippen LogP contribution in [0.2, 0.25) is 0 Å². The summed E-state index contributed by atoms with van der Waals surface area (Å²) in [5.74, 6) is -4.74. The molecule has 0 fully saturated rings. The predicted octanol–water partition coefficient (Wildman–Crippen LogP) is 0.0375. The Morgan fingerprint density at radius 1 is 0.690 bits per heavy atom. The van der Waals surface area contributed by atoms with E-state index in [9.17, 15) is 34.2 Å². The van der Waals surface area contributed by atoms with Crippen LogP contribution in [0.25, 0.3) is 0 Å². The van der Waals surface area contributed by atoms with Crippen LogP contribution in [-0.2, 0) is 36.8 Å². The summed E-state index contributed by atoms with van der Waals surface area (Å²) in [5, 5.41) is 35.5. The van der Waals surface area contributed by atoms with Crippen LogP contribution in [0.3, 0.4) is 0 Å². The third-order valence-corrected chi connectivity index (χ3v) is 6.49. The first-order chi connectivity index (χ1) is 20.0. The largest absolute Gasteiger partial charge is 0.508 e. The van der Waals surface area contributed by atoms with E-state index >= 15 is 0 Å². The molecule has 0 aliphatic rings. The predicted molar refractivity (Wildman–Crippen MR) is 153 cm³/mol. The molecule has 2 rings (SSSR count). The number of carbonyl (C=O) groups excluding carboxylic acids is 3. The lowest BCUT2D eigenvalue weighted by atomic mass is 10.0. The number of rotatable bonds is 18. The second kappa shape index (κ2) is 17.4. The molecule has 0 aliphatic heterocycles. The second-order valence-corrected chi connectivity index (χ2v) is 9.91. The standard InChI is InChI=1S/C29H39N5O8/c30-15-5-4-8-22(27(39)33-23(29(41)42)13-14-25(36)37)32-28(40)24(17-19-9-11-20(35)12-10-19)34-26(38)21(31)16-18-6-2-1-3-7-18/h1-3,6-7,9-12,21-24,35H,4-5,8,13-17,30-31H2,(H,32,40)(H,33,39)(H,34,38)(H,36,37)(H,41,42). The maximum atomic E-state index is 13.5. The maximum Gasteiger partial charge on any atom is 0.326 e. The zero-order chi connectivity index (χ0) is 31.1. The molecule has 10 N–H and O–H groups in total. The number of carboxylic acid groups (broad SMARTS) is 2. The van der Waals surface area contributed by atoms with Crippen LogP contribution in [0.4, 0.5) is 0 Å². The van der Waals surface area contributed by atoms with Gasteiger partial charge < -0.3 is 42.7 Å². The van der Waals surface area contributed by atoms with E-state index in [1.165, 1.54) is 12.1 Å². The summed E-state index contributed by atoms with van der Waals surface area (Å²) in [6.45, 7) is 0.331. The number of carbonyl (C=O) groups is 5. The van der Waals surface area contributed by atoms with Crippen molar-refractivity contribution in [1.82, 2.24) is 16.0 Å². The quantitative estimate of drug-likeness (QED) is 0.109. The number of phenols is 1. The van der Waals surface area contributed by atoms with Gasteiger partial charge in [0.2, 0.25) is 17.7 Å². The van der Waals surface area contributed by atoms with Gasteiger partial charge in [-0.1, -0.05) is 42.5 Å². The molecule has 2 aromatic rings. The highest BCUT2D eigenvalue weighted by Gasteiger charge is 2.30. The zero-order valence-electron chi connectivity index (χ0n) is 23.2. The van der Waals surface area contributed by atoms with Gasteiger partial charge in [0.05, 0.1) is 6.04 Å². The van der Waals surface area contributed by atoms with E-state index in [1.807, 2.05) is 30.3 Å². The van der Waals surface area contributed by atoms with Crippen molar-refractivity contribution < 1.29 is 39.3 Å². The number of nitrogens with two attached hydrogens (primary N) is 2. The lowest BCUT2D eigenvalue weighted by molar-refractivity contribution is -0.143. The smallest absolute Gasteiger partial charge is 0.326 e. The number of carboxylic acids is 2. The van der Waals surface area contributed by atoms with Gasteiger partial charge in [0.1, 0.15) is 23.9 Å². The molecule has 0 bridgehead atoms. The van der Waals surface area contributed by atoms with E-state index in [0.29, 0.717) is 24.9 Å². The summed E-state index contributed by atoms with van der Waals surface area (Å²) < 4.78 is 0. The molecule has 13 heteroatoms. The Morgan fingerprint density at radius 2 is 1.26 bits per heavy atom. The number of amides is 3. The fraction of sp³-hybridized carbons (Fsp3) is 0.414. The molecule has 2 aromatic carbocycles. The molecule has 4 atom stereocenters. The van der Waals surface area contributed by atoms with E-state index in [2.05, 4.69) is 16.0 Å². The van der Waals surface area contributed by atoms with Crippen molar-refractivity contribution in [2.45, 2.75) is 69.1 Å². The van der Waals surface area contributed by atoms with Crippen LogP contribution in [0, 0.1) is 0 Å². The summed E-state index contributed by atoms with van der Waals surface area (Å²) in [6, 6.07) is 10.3. The molecule has 3 amide bonds. The topological polar surface area (TPSA) is 234 Å². The molecule has 228 valence electrons. The SMILES string of the molecule is NCCCCC(NC(=O)C(Cc1ccc(O)cc1)NC(=O)C(N)Cc1ccccc1)C(=O)NC(CCC(=O)O)C(=O)O. The Hall–Kier alpha value is -4.49. The molecular weight excluding hydrogens is 546 g/mol. The van der Waals surface area contributed by atoms with Crippen molar-refractivity contribution in [2.75, 3.05) is 6.54 Å². The first kappa shape index (κ1) is 33.7. The lowest BCUT2D eigenvalue weighted by Crippen LogP contribution is -2.57. The molecular formula is C29H39N5O8. The average Bonchev–Trinajstić information content (AvgIpc) is 2.95. The van der Waals surface area contributed by atoms with Crippen LogP contribution >= 0.6 is 0 Å². The van der Waals surface area contributed by atoms with Crippen molar-refractivity contribution in [3.63, 3.8) is 0 Å². The zero-order valence-corrected chi connectivity index (χ0v) is 23.2. The molecule has 0 radical (unpaired) electrons. The van der Waals surface area contributed by atoms with Crippen molar-refractivity contribution >= 4 is 29.7 Å². The van der Waals surface area contributed by atoms with Gasteiger partial charge in [-0.15, -0.1) is 0 Å². The first-order valence-corrected chi connectivity index (χ1v) is 13.6. The number of benzene rings is 2. The highest BCUT2D eigenvalue weighted by Crippen LogP contribution is 2.13. The lowest BCUT2D eigenvalue weighted by Gasteiger charge is -2.25. The van der Waals surface area contributed by atoms with E-state index in [1.54, 1.807) is 12.1 Å². The minimum absolute atomic E-state index is 0.00338. The third-order valence-electron chi connectivity index (χ3n) is 6.49. The van der Waals surface area contributed by atoms with Gasteiger partial charge in [-0.25, -0.2) is 4.79 Å². The highest BCUT2D eigenvalue weighted by molar-refractivity contribution is 5.94. The fourth-order valence-corrected chi connectivity index (χ4v) is 4.15. The molecule has 0 aliphatic carbocycles. The van der Waals surface area contributed by atoms with E-state index in [0.717, 1.165) is 5.56 Å². The average molecular weight is 586 g/mol. The Labute approximate surface area is 243 Å². The van der Waals surface area contributed by atoms with Gasteiger partial charge in [0.25, 0.3) is 0 Å². The van der Waals surface area contributed by atoms with Crippen LogP contribution in [-0.4, -0.2) is 75.7 Å². The van der Waals surface area contributed by atoms with E-state index in [4.69, 9.17) is 16.6 Å². The number of hydrogen-bond acceptors (Lipinski definition) is 8. The van der Waals surface area contributed by atoms with Crippen molar-refractivity contribution in [3.8, 4) is 5.75 Å². The molecule has 4 unspecified atom stereocenters. The van der Waals surface area contributed by atoms with Gasteiger partial charge in [-0.3, -0.25) is 19.2 Å². The van der Waals surface area contributed by atoms with Crippen molar-refractivity contribution in [3.05, 3.63) is 65.7 Å². The van der Waals surface area contributed by atoms with E-state index in [-0.39, 0.29) is 31.4 Å². The van der Waals surface area contributed by atoms with Crippen LogP contribution in [0.15, 0.2) is 54.6 Å². The summed E-state index contributed by atoms with van der Waals surface area (Å²) in [4.78, 5) is 62.1. The minimum Gasteiger partial charge on any atom is -0.508 e. The van der Waals surface area contributed by atoms with Crippen molar-refractivity contribution in [1.29, 1.82) is 0 Å². The summed E-state index contributed by atoms with van der Waals surface area (Å²) >= 11 is 0. The molecule has 0 saturated heterocycles. The summed E-state index contributed by atoms with van der Waals surface area (Å²) in [5.41, 5.74) is 13.1. The molecule has 0 saturated carbocycles. The van der Waals surface area contributed by atoms with Crippen LogP contribution in [0.5, 0.6) is 5.75 Å². The Morgan fingerprint density at radius 3 is 1.86 bits per heavy atom. The molecule has 0 spiro atoms. The van der Waals surface area contributed by atoms with Gasteiger partial charge in [0.15, 0.2) is 0 Å². The van der Waals surface area contributed by atoms with Gasteiger partial charge in [0, 0.05) is 12.8 Å². The van der Waals surface area contributed by atoms with Crippen LogP contribution in [0.1, 0.15) is 43.2 Å². The van der Waals surface area contributed by atoms with Gasteiger partial charge >= 0.3 is 11.9 Å². The number of aliphatic carboxylic acids is 2. The second-order valence-electron chi connectivity index (χ2n) is 9.91. The van der Waals surface area contributed by atoms with Crippen molar-refractivity contribution in [2.24, 2.45) is 11.5 Å². The van der Waals surface area contributed by atoms with Crippen LogP contribution < -0.4 is 27.4 Å². The Kier molecular flexibility index (Phi) is 13.9. The minimum atomic E-state index is -1.48. The molecule has 0 heterocycles. The summed E-state index contributed by atoms with van der Waals surface area (Å²) in [6.07, 6.45) is 0.472. The number of aromatic hydroxyl groups is 1. The number of nitrogens with one attached hydrogen (secondary N) is 3. The monoisotopic (exact) mass is 585 g/mol. The Bertz CT molecular complexity index is 1190. The maximum absolute atomic E-state index is 13.5. The number of unbranched alkanes of at least 4 members (excludes halogenated alkanes) is 1. The van der Waals surface area contributed by atoms with E-state index < -0.39 is 60.2 Å². The first-order valence-electron chi connectivity index (χ1n) is 13.6.